The van der Waals surface area contributed by atoms with E-state index in [1.54, 1.807) is 12.3 Å². The van der Waals surface area contributed by atoms with Gasteiger partial charge in [-0.3, -0.25) is 0 Å². The summed E-state index contributed by atoms with van der Waals surface area (Å²) in [6, 6.07) is 9.67. The standard InChI is InChI=1S/C11H8BrClN2S/c12-7-1-3-9(4-2-7)16-11-10(13)5-8(14)6-15-11/h1-6H,14H2. The first-order valence-corrected chi connectivity index (χ1v) is 6.48. The van der Waals surface area contributed by atoms with Crippen LogP contribution in [0.15, 0.2) is 50.9 Å². The van der Waals surface area contributed by atoms with Crippen molar-refractivity contribution < 1.29 is 0 Å². The lowest BCUT2D eigenvalue weighted by Crippen LogP contribution is -1.88. The molecule has 1 aromatic heterocycles. The van der Waals surface area contributed by atoms with Crippen LogP contribution < -0.4 is 5.73 Å². The molecule has 16 heavy (non-hydrogen) atoms. The zero-order chi connectivity index (χ0) is 11.5. The van der Waals surface area contributed by atoms with Crippen LogP contribution in [-0.2, 0) is 0 Å². The minimum atomic E-state index is 0.574. The molecule has 0 amide bonds. The summed E-state index contributed by atoms with van der Waals surface area (Å²) in [5, 5.41) is 1.34. The average molecular weight is 316 g/mol. The Morgan fingerprint density at radius 3 is 2.56 bits per heavy atom. The molecular weight excluding hydrogens is 308 g/mol. The van der Waals surface area contributed by atoms with Crippen molar-refractivity contribution in [3.63, 3.8) is 0 Å². The number of hydrogen-bond acceptors (Lipinski definition) is 3. The molecule has 0 aliphatic carbocycles. The number of pyridine rings is 1. The number of halogens is 2. The largest absolute Gasteiger partial charge is 0.397 e. The van der Waals surface area contributed by atoms with Crippen LogP contribution >= 0.6 is 39.3 Å². The summed E-state index contributed by atoms with van der Waals surface area (Å²) in [4.78, 5) is 5.28. The number of rotatable bonds is 2. The van der Waals surface area contributed by atoms with Crippen molar-refractivity contribution >= 4 is 45.0 Å². The van der Waals surface area contributed by atoms with Gasteiger partial charge in [0.1, 0.15) is 5.03 Å². The van der Waals surface area contributed by atoms with Crippen molar-refractivity contribution in [3.05, 3.63) is 46.0 Å². The van der Waals surface area contributed by atoms with Crippen LogP contribution in [0.1, 0.15) is 0 Å². The van der Waals surface area contributed by atoms with E-state index in [4.69, 9.17) is 17.3 Å². The molecule has 0 saturated heterocycles. The molecule has 1 aromatic carbocycles. The molecule has 0 atom stereocenters. The number of hydrogen-bond donors (Lipinski definition) is 1. The average Bonchev–Trinajstić information content (AvgIpc) is 2.25. The maximum atomic E-state index is 6.04. The van der Waals surface area contributed by atoms with Gasteiger partial charge in [-0.25, -0.2) is 4.98 Å². The second-order valence-electron chi connectivity index (χ2n) is 3.11. The number of anilines is 1. The monoisotopic (exact) mass is 314 g/mol. The van der Waals surface area contributed by atoms with Gasteiger partial charge in [-0.2, -0.15) is 0 Å². The van der Waals surface area contributed by atoms with E-state index < -0.39 is 0 Å². The molecule has 0 aliphatic heterocycles. The molecule has 82 valence electrons. The van der Waals surface area contributed by atoms with Crippen LogP contribution in [0, 0.1) is 0 Å². The van der Waals surface area contributed by atoms with E-state index in [0.29, 0.717) is 10.7 Å². The minimum Gasteiger partial charge on any atom is -0.397 e. The first kappa shape index (κ1) is 11.8. The lowest BCUT2D eigenvalue weighted by atomic mass is 10.4. The Labute approximate surface area is 111 Å². The summed E-state index contributed by atoms with van der Waals surface area (Å²) in [5.74, 6) is 0. The van der Waals surface area contributed by atoms with E-state index in [2.05, 4.69) is 20.9 Å². The van der Waals surface area contributed by atoms with Gasteiger partial charge in [0.25, 0.3) is 0 Å². The van der Waals surface area contributed by atoms with Crippen LogP contribution in [0.4, 0.5) is 5.69 Å². The smallest absolute Gasteiger partial charge is 0.120 e. The Hall–Kier alpha value is -0.710. The van der Waals surface area contributed by atoms with Gasteiger partial charge >= 0.3 is 0 Å². The van der Waals surface area contributed by atoms with E-state index in [-0.39, 0.29) is 0 Å². The summed E-state index contributed by atoms with van der Waals surface area (Å²) in [6.45, 7) is 0. The van der Waals surface area contributed by atoms with E-state index in [9.17, 15) is 0 Å². The second kappa shape index (κ2) is 5.08. The quantitative estimate of drug-likeness (QED) is 0.901. The summed E-state index contributed by atoms with van der Waals surface area (Å²) < 4.78 is 1.05. The van der Waals surface area contributed by atoms with Crippen LogP contribution in [0.5, 0.6) is 0 Å². The number of aromatic nitrogens is 1. The molecule has 2 rings (SSSR count). The van der Waals surface area contributed by atoms with Gasteiger partial charge in [-0.05, 0) is 30.3 Å². The summed E-state index contributed by atoms with van der Waals surface area (Å²) >= 11 is 10.9. The Kier molecular flexibility index (Phi) is 3.74. The van der Waals surface area contributed by atoms with E-state index in [1.165, 1.54) is 11.8 Å². The van der Waals surface area contributed by atoms with Crippen LogP contribution in [0.3, 0.4) is 0 Å². The molecular formula is C11H8BrClN2S. The lowest BCUT2D eigenvalue weighted by Gasteiger charge is -2.03. The van der Waals surface area contributed by atoms with Crippen molar-refractivity contribution in [2.24, 2.45) is 0 Å². The van der Waals surface area contributed by atoms with Crippen LogP contribution in [0.2, 0.25) is 5.02 Å². The van der Waals surface area contributed by atoms with Gasteiger partial charge in [-0.15, -0.1) is 0 Å². The predicted octanol–water partition coefficient (Wildman–Crippen LogP) is 4.23. The maximum absolute atomic E-state index is 6.04. The van der Waals surface area contributed by atoms with Crippen LogP contribution in [-0.4, -0.2) is 4.98 Å². The van der Waals surface area contributed by atoms with Crippen molar-refractivity contribution in [2.75, 3.05) is 5.73 Å². The van der Waals surface area contributed by atoms with E-state index >= 15 is 0 Å². The highest BCUT2D eigenvalue weighted by atomic mass is 79.9. The van der Waals surface area contributed by atoms with Crippen LogP contribution in [0.25, 0.3) is 0 Å². The molecule has 1 heterocycles. The Balaban J connectivity index is 2.23. The third-order valence-electron chi connectivity index (χ3n) is 1.86. The summed E-state index contributed by atoms with van der Waals surface area (Å²) in [5.41, 5.74) is 6.15. The van der Waals surface area contributed by atoms with Gasteiger partial charge < -0.3 is 5.73 Å². The van der Waals surface area contributed by atoms with Gasteiger partial charge in [0.05, 0.1) is 16.9 Å². The zero-order valence-electron chi connectivity index (χ0n) is 8.15. The van der Waals surface area contributed by atoms with Crippen molar-refractivity contribution in [1.29, 1.82) is 0 Å². The molecule has 0 spiro atoms. The Morgan fingerprint density at radius 1 is 1.25 bits per heavy atom. The normalized spacial score (nSPS) is 10.4. The number of nitrogen functional groups attached to an aromatic ring is 1. The fourth-order valence-electron chi connectivity index (χ4n) is 1.13. The Morgan fingerprint density at radius 2 is 1.94 bits per heavy atom. The van der Waals surface area contributed by atoms with Crippen molar-refractivity contribution in [2.45, 2.75) is 9.92 Å². The van der Waals surface area contributed by atoms with Crippen molar-refractivity contribution in [1.82, 2.24) is 4.98 Å². The third-order valence-corrected chi connectivity index (χ3v) is 3.81. The third kappa shape index (κ3) is 2.90. The first-order chi connectivity index (χ1) is 7.65. The van der Waals surface area contributed by atoms with Gasteiger partial charge in [0, 0.05) is 9.37 Å². The SMILES string of the molecule is Nc1cnc(Sc2ccc(Br)cc2)c(Cl)c1. The minimum absolute atomic E-state index is 0.574. The zero-order valence-corrected chi connectivity index (χ0v) is 11.3. The van der Waals surface area contributed by atoms with Gasteiger partial charge in [0.15, 0.2) is 0 Å². The fraction of sp³-hybridized carbons (Fsp3) is 0. The van der Waals surface area contributed by atoms with Gasteiger partial charge in [-0.1, -0.05) is 39.3 Å². The van der Waals surface area contributed by atoms with E-state index in [0.717, 1.165) is 14.4 Å². The maximum Gasteiger partial charge on any atom is 0.120 e. The molecule has 0 saturated carbocycles. The molecule has 0 unspecified atom stereocenters. The number of benzene rings is 1. The highest BCUT2D eigenvalue weighted by Gasteiger charge is 2.04. The molecule has 2 nitrogen and oxygen atoms in total. The molecule has 0 radical (unpaired) electrons. The molecule has 0 bridgehead atoms. The first-order valence-electron chi connectivity index (χ1n) is 4.49. The number of nitrogens with two attached hydrogens (primary N) is 1. The number of nitrogens with zero attached hydrogens (tertiary/aromatic N) is 1. The second-order valence-corrected chi connectivity index (χ2v) is 5.50. The summed E-state index contributed by atoms with van der Waals surface area (Å²) in [7, 11) is 0. The fourth-order valence-corrected chi connectivity index (χ4v) is 2.44. The topological polar surface area (TPSA) is 38.9 Å². The highest BCUT2D eigenvalue weighted by Crippen LogP contribution is 2.32. The molecule has 5 heteroatoms. The lowest BCUT2D eigenvalue weighted by molar-refractivity contribution is 1.14. The van der Waals surface area contributed by atoms with E-state index in [1.807, 2.05) is 24.3 Å². The van der Waals surface area contributed by atoms with Crippen molar-refractivity contribution in [3.8, 4) is 0 Å². The predicted molar refractivity (Wildman–Crippen MR) is 71.9 cm³/mol. The molecule has 2 aromatic rings. The van der Waals surface area contributed by atoms with Gasteiger partial charge in [0.2, 0.25) is 0 Å². The molecule has 0 aliphatic rings. The molecule has 2 N–H and O–H groups in total. The molecule has 0 fully saturated rings. The highest BCUT2D eigenvalue weighted by molar-refractivity contribution is 9.10. The Bertz CT molecular complexity index is 502. The summed E-state index contributed by atoms with van der Waals surface area (Å²) in [6.07, 6.45) is 1.60.